The predicted octanol–water partition coefficient (Wildman–Crippen LogP) is 3.62. The molecule has 0 radical (unpaired) electrons. The van der Waals surface area contributed by atoms with Gasteiger partial charge in [-0.15, -0.1) is 0 Å². The third-order valence-electron chi connectivity index (χ3n) is 4.03. The van der Waals surface area contributed by atoms with E-state index in [4.69, 9.17) is 9.72 Å². The van der Waals surface area contributed by atoms with Crippen LogP contribution in [-0.4, -0.2) is 16.6 Å². The molecule has 1 atom stereocenters. The summed E-state index contributed by atoms with van der Waals surface area (Å²) in [6.07, 6.45) is 2.03. The molecule has 1 fully saturated rings. The summed E-state index contributed by atoms with van der Waals surface area (Å²) in [5.74, 6) is 0.919. The highest BCUT2D eigenvalue weighted by atomic mass is 16.5. The van der Waals surface area contributed by atoms with Gasteiger partial charge in [0, 0.05) is 6.61 Å². The van der Waals surface area contributed by atoms with E-state index in [1.165, 1.54) is 5.56 Å². The van der Waals surface area contributed by atoms with Crippen molar-refractivity contribution in [1.82, 2.24) is 9.97 Å². The first-order valence-electron chi connectivity index (χ1n) is 7.03. The van der Waals surface area contributed by atoms with Crippen LogP contribution in [-0.2, 0) is 10.3 Å². The Labute approximate surface area is 117 Å². The summed E-state index contributed by atoms with van der Waals surface area (Å²) in [7, 11) is 0. The average Bonchev–Trinajstić information content (AvgIpc) is 3.15. The fraction of sp³-hybridized carbons (Fsp3) is 0.235. The molecule has 20 heavy (non-hydrogen) atoms. The van der Waals surface area contributed by atoms with Gasteiger partial charge in [0.2, 0.25) is 0 Å². The van der Waals surface area contributed by atoms with Gasteiger partial charge >= 0.3 is 0 Å². The summed E-state index contributed by atoms with van der Waals surface area (Å²) in [5.41, 5.74) is 2.82. The topological polar surface area (TPSA) is 37.9 Å². The molecule has 1 aromatic heterocycles. The van der Waals surface area contributed by atoms with E-state index in [2.05, 4.69) is 35.3 Å². The number of nitrogens with one attached hydrogen (secondary N) is 1. The largest absolute Gasteiger partial charge is 0.362 e. The average molecular weight is 264 g/mol. The first kappa shape index (κ1) is 11.7. The van der Waals surface area contributed by atoms with Gasteiger partial charge in [0.25, 0.3) is 0 Å². The molecule has 0 bridgehead atoms. The molecule has 0 spiro atoms. The summed E-state index contributed by atoms with van der Waals surface area (Å²) < 4.78 is 6.15. The van der Waals surface area contributed by atoms with Gasteiger partial charge in [-0.2, -0.15) is 0 Å². The molecular weight excluding hydrogens is 248 g/mol. The van der Waals surface area contributed by atoms with Crippen molar-refractivity contribution in [2.75, 3.05) is 6.61 Å². The van der Waals surface area contributed by atoms with E-state index < -0.39 is 5.60 Å². The zero-order valence-corrected chi connectivity index (χ0v) is 11.2. The Morgan fingerprint density at radius 1 is 1.00 bits per heavy atom. The van der Waals surface area contributed by atoms with Crippen LogP contribution in [0.3, 0.4) is 0 Å². The van der Waals surface area contributed by atoms with E-state index in [1.807, 2.05) is 24.3 Å². The van der Waals surface area contributed by atoms with E-state index in [0.717, 1.165) is 36.3 Å². The molecule has 100 valence electrons. The third-order valence-corrected chi connectivity index (χ3v) is 4.03. The van der Waals surface area contributed by atoms with Crippen LogP contribution in [0.4, 0.5) is 0 Å². The Hall–Kier alpha value is -2.13. The molecule has 0 saturated carbocycles. The Morgan fingerprint density at radius 2 is 1.80 bits per heavy atom. The van der Waals surface area contributed by atoms with Crippen molar-refractivity contribution in [2.24, 2.45) is 0 Å². The lowest BCUT2D eigenvalue weighted by Gasteiger charge is -2.26. The lowest BCUT2D eigenvalue weighted by atomic mass is 9.90. The van der Waals surface area contributed by atoms with Crippen molar-refractivity contribution in [3.05, 3.63) is 66.0 Å². The highest BCUT2D eigenvalue weighted by molar-refractivity contribution is 5.75. The third kappa shape index (κ3) is 1.67. The van der Waals surface area contributed by atoms with Crippen molar-refractivity contribution in [3.8, 4) is 0 Å². The van der Waals surface area contributed by atoms with E-state index in [-0.39, 0.29) is 0 Å². The summed E-state index contributed by atoms with van der Waals surface area (Å²) >= 11 is 0. The lowest BCUT2D eigenvalue weighted by Crippen LogP contribution is -2.27. The standard InChI is InChI=1S/C17H16N2O/c1-2-7-13(8-3-1)17(11-6-12-20-17)16-18-14-9-4-5-10-15(14)19-16/h1-5,7-10H,6,11-12H2,(H,18,19). The molecule has 2 aromatic carbocycles. The number of benzene rings is 2. The maximum Gasteiger partial charge on any atom is 0.150 e. The molecule has 0 aliphatic carbocycles. The fourth-order valence-corrected chi connectivity index (χ4v) is 3.04. The quantitative estimate of drug-likeness (QED) is 0.767. The Bertz CT molecular complexity index is 694. The van der Waals surface area contributed by atoms with E-state index in [1.54, 1.807) is 0 Å². The number of aromatic nitrogens is 2. The van der Waals surface area contributed by atoms with Crippen LogP contribution in [0.1, 0.15) is 24.2 Å². The van der Waals surface area contributed by atoms with Crippen LogP contribution in [0.5, 0.6) is 0 Å². The zero-order valence-electron chi connectivity index (χ0n) is 11.2. The molecule has 3 nitrogen and oxygen atoms in total. The molecule has 1 N–H and O–H groups in total. The maximum atomic E-state index is 6.15. The van der Waals surface area contributed by atoms with Crippen LogP contribution in [0, 0.1) is 0 Å². The van der Waals surface area contributed by atoms with Crippen molar-refractivity contribution < 1.29 is 4.74 Å². The molecule has 1 saturated heterocycles. The normalized spacial score (nSPS) is 22.4. The van der Waals surface area contributed by atoms with Crippen LogP contribution in [0.2, 0.25) is 0 Å². The second kappa shape index (κ2) is 4.46. The number of ether oxygens (including phenoxy) is 1. The van der Waals surface area contributed by atoms with Gasteiger partial charge in [-0.3, -0.25) is 0 Å². The van der Waals surface area contributed by atoms with Crippen LogP contribution in [0.25, 0.3) is 11.0 Å². The van der Waals surface area contributed by atoms with Gasteiger partial charge in [-0.1, -0.05) is 42.5 Å². The number of rotatable bonds is 2. The summed E-state index contributed by atoms with van der Waals surface area (Å²) in [6, 6.07) is 18.5. The van der Waals surface area contributed by atoms with E-state index in [0.29, 0.717) is 0 Å². The van der Waals surface area contributed by atoms with Crippen molar-refractivity contribution >= 4 is 11.0 Å². The van der Waals surface area contributed by atoms with Crippen molar-refractivity contribution in [3.63, 3.8) is 0 Å². The monoisotopic (exact) mass is 264 g/mol. The minimum Gasteiger partial charge on any atom is -0.362 e. The summed E-state index contributed by atoms with van der Waals surface area (Å²) in [5, 5.41) is 0. The number of fused-ring (bicyclic) bond motifs is 1. The second-order valence-corrected chi connectivity index (χ2v) is 5.25. The first-order chi connectivity index (χ1) is 9.88. The predicted molar refractivity (Wildman–Crippen MR) is 78.5 cm³/mol. The van der Waals surface area contributed by atoms with Crippen LogP contribution in [0.15, 0.2) is 54.6 Å². The van der Waals surface area contributed by atoms with Gasteiger partial charge in [-0.25, -0.2) is 4.98 Å². The molecule has 0 amide bonds. The number of aromatic amines is 1. The SMILES string of the molecule is c1ccc(C2(c3nc4ccccc4[nH]3)CCCO2)cc1. The summed E-state index contributed by atoms with van der Waals surface area (Å²) in [6.45, 7) is 0.784. The van der Waals surface area contributed by atoms with Gasteiger partial charge in [0.15, 0.2) is 5.60 Å². The number of imidazole rings is 1. The Morgan fingerprint density at radius 3 is 2.55 bits per heavy atom. The van der Waals surface area contributed by atoms with Crippen LogP contribution >= 0.6 is 0 Å². The molecule has 1 aliphatic rings. The second-order valence-electron chi connectivity index (χ2n) is 5.25. The highest BCUT2D eigenvalue weighted by Gasteiger charge is 2.41. The number of hydrogen-bond donors (Lipinski definition) is 1. The highest BCUT2D eigenvalue weighted by Crippen LogP contribution is 2.41. The lowest BCUT2D eigenvalue weighted by molar-refractivity contribution is 0.0295. The minimum atomic E-state index is -0.416. The Balaban J connectivity index is 1.91. The minimum absolute atomic E-state index is 0.416. The zero-order chi connectivity index (χ0) is 13.4. The van der Waals surface area contributed by atoms with Gasteiger partial charge in [0.05, 0.1) is 11.0 Å². The number of para-hydroxylation sites is 2. The Kier molecular flexibility index (Phi) is 2.60. The number of nitrogens with zero attached hydrogens (tertiary/aromatic N) is 1. The van der Waals surface area contributed by atoms with Crippen molar-refractivity contribution in [1.29, 1.82) is 0 Å². The van der Waals surface area contributed by atoms with Gasteiger partial charge < -0.3 is 9.72 Å². The van der Waals surface area contributed by atoms with E-state index >= 15 is 0 Å². The molecule has 3 aromatic rings. The molecule has 2 heterocycles. The molecule has 1 unspecified atom stereocenters. The maximum absolute atomic E-state index is 6.15. The van der Waals surface area contributed by atoms with Crippen LogP contribution < -0.4 is 0 Å². The smallest absolute Gasteiger partial charge is 0.150 e. The first-order valence-corrected chi connectivity index (χ1v) is 7.03. The number of H-pyrrole nitrogens is 1. The fourth-order valence-electron chi connectivity index (χ4n) is 3.04. The van der Waals surface area contributed by atoms with E-state index in [9.17, 15) is 0 Å². The molecule has 1 aliphatic heterocycles. The number of hydrogen-bond acceptors (Lipinski definition) is 2. The molecule has 4 rings (SSSR count). The summed E-state index contributed by atoms with van der Waals surface area (Å²) in [4.78, 5) is 8.20. The molecular formula is C17H16N2O. The van der Waals surface area contributed by atoms with Gasteiger partial charge in [-0.05, 0) is 30.5 Å². The van der Waals surface area contributed by atoms with Crippen molar-refractivity contribution in [2.45, 2.75) is 18.4 Å². The molecule has 3 heteroatoms. The van der Waals surface area contributed by atoms with Gasteiger partial charge in [0.1, 0.15) is 5.82 Å².